The van der Waals surface area contributed by atoms with Crippen molar-refractivity contribution in [2.24, 2.45) is 0 Å². The quantitative estimate of drug-likeness (QED) is 0.553. The summed E-state index contributed by atoms with van der Waals surface area (Å²) >= 11 is 8.34. The van der Waals surface area contributed by atoms with Crippen LogP contribution in [0.2, 0.25) is 5.15 Å². The summed E-state index contributed by atoms with van der Waals surface area (Å²) < 4.78 is 29.9. The highest BCUT2D eigenvalue weighted by Gasteiger charge is 2.24. The number of rotatable bonds is 4. The van der Waals surface area contributed by atoms with Crippen molar-refractivity contribution in [1.29, 1.82) is 0 Å². The summed E-state index contributed by atoms with van der Waals surface area (Å²) in [6.07, 6.45) is 5.60. The molecule has 0 radical (unpaired) electrons. The van der Waals surface area contributed by atoms with Crippen LogP contribution in [0.15, 0.2) is 12.4 Å². The average Bonchev–Trinajstić information content (AvgIpc) is 2.50. The van der Waals surface area contributed by atoms with Crippen LogP contribution >= 0.6 is 34.2 Å². The number of nitrogens with one attached hydrogen (secondary N) is 1. The number of hydrogen-bond donors (Lipinski definition) is 1. The maximum absolute atomic E-state index is 12.2. The van der Waals surface area contributed by atoms with Crippen LogP contribution in [0.5, 0.6) is 0 Å². The molecule has 1 fully saturated rings. The summed E-state index contributed by atoms with van der Waals surface area (Å²) in [4.78, 5) is 12.8. The van der Waals surface area contributed by atoms with Crippen LogP contribution in [-0.4, -0.2) is 33.7 Å². The lowest BCUT2D eigenvalue weighted by Crippen LogP contribution is -2.31. The zero-order chi connectivity index (χ0) is 16.4. The van der Waals surface area contributed by atoms with E-state index in [1.54, 1.807) is 12.4 Å². The van der Waals surface area contributed by atoms with Gasteiger partial charge in [-0.2, -0.15) is 8.78 Å². The first-order valence-electron chi connectivity index (χ1n) is 7.20. The number of aromatic nitrogens is 3. The number of pyridine rings is 1. The molecule has 0 spiro atoms. The van der Waals surface area contributed by atoms with Crippen molar-refractivity contribution in [3.05, 3.63) is 21.1 Å². The second kappa shape index (κ2) is 7.35. The Bertz CT molecular complexity index is 698. The highest BCUT2D eigenvalue weighted by Crippen LogP contribution is 2.27. The van der Waals surface area contributed by atoms with Gasteiger partial charge in [-0.3, -0.25) is 4.98 Å². The molecule has 0 unspecified atom stereocenters. The lowest BCUT2D eigenvalue weighted by Gasteiger charge is -2.28. The second-order valence-corrected chi connectivity index (χ2v) is 6.89. The summed E-state index contributed by atoms with van der Waals surface area (Å²) in [6.45, 7) is -2.71. The van der Waals surface area contributed by atoms with Crippen molar-refractivity contribution in [2.45, 2.75) is 44.4 Å². The van der Waals surface area contributed by atoms with Crippen molar-refractivity contribution < 1.29 is 13.5 Å². The Balaban J connectivity index is 1.69. The van der Waals surface area contributed by atoms with Gasteiger partial charge >= 0.3 is 6.61 Å². The largest absolute Gasteiger partial charge is 0.351 e. The first-order chi connectivity index (χ1) is 11.0. The topological polar surface area (TPSA) is 59.9 Å². The molecule has 0 aromatic carbocycles. The van der Waals surface area contributed by atoms with E-state index in [-0.39, 0.29) is 12.1 Å². The Hall–Kier alpha value is -0.870. The molecule has 0 aliphatic heterocycles. The summed E-state index contributed by atoms with van der Waals surface area (Å²) in [6, 6.07) is 0.125. The Morgan fingerprint density at radius 2 is 1.96 bits per heavy atom. The van der Waals surface area contributed by atoms with Gasteiger partial charge in [0.1, 0.15) is 5.15 Å². The van der Waals surface area contributed by atoms with Crippen molar-refractivity contribution >= 4 is 51.0 Å². The van der Waals surface area contributed by atoms with Crippen LogP contribution in [-0.2, 0) is 4.74 Å². The lowest BCUT2D eigenvalue weighted by molar-refractivity contribution is -0.169. The van der Waals surface area contributed by atoms with Gasteiger partial charge in [-0.05, 0) is 48.3 Å². The Kier molecular flexibility index (Phi) is 5.42. The Labute approximate surface area is 150 Å². The molecule has 0 atom stereocenters. The summed E-state index contributed by atoms with van der Waals surface area (Å²) in [5, 5.41) is 4.29. The fourth-order valence-corrected chi connectivity index (χ4v) is 3.50. The monoisotopic (exact) mass is 454 g/mol. The van der Waals surface area contributed by atoms with Gasteiger partial charge < -0.3 is 10.1 Å². The molecular weight excluding hydrogens is 441 g/mol. The van der Waals surface area contributed by atoms with Gasteiger partial charge in [-0.25, -0.2) is 9.97 Å². The molecule has 124 valence electrons. The van der Waals surface area contributed by atoms with Gasteiger partial charge in [0, 0.05) is 18.4 Å². The zero-order valence-corrected chi connectivity index (χ0v) is 14.9. The van der Waals surface area contributed by atoms with Crippen molar-refractivity contribution in [3.63, 3.8) is 0 Å². The van der Waals surface area contributed by atoms with Gasteiger partial charge in [0.15, 0.2) is 0 Å². The molecule has 0 amide bonds. The summed E-state index contributed by atoms with van der Waals surface area (Å²) in [5.74, 6) is 0.449. The molecule has 2 aromatic heterocycles. The van der Waals surface area contributed by atoms with Gasteiger partial charge in [0.05, 0.1) is 20.6 Å². The fourth-order valence-electron chi connectivity index (χ4n) is 2.71. The van der Waals surface area contributed by atoms with E-state index < -0.39 is 6.61 Å². The lowest BCUT2D eigenvalue weighted by atomic mass is 9.93. The fraction of sp³-hybridized carbons (Fsp3) is 0.500. The second-order valence-electron chi connectivity index (χ2n) is 5.37. The smallest absolute Gasteiger partial charge is 0.345 e. The van der Waals surface area contributed by atoms with E-state index in [2.05, 4.69) is 47.6 Å². The minimum Gasteiger partial charge on any atom is -0.351 e. The third-order valence-corrected chi connectivity index (χ3v) is 4.90. The molecule has 2 aromatic rings. The van der Waals surface area contributed by atoms with Crippen LogP contribution in [0.4, 0.5) is 14.7 Å². The number of fused-ring (bicyclic) bond motifs is 1. The van der Waals surface area contributed by atoms with Crippen LogP contribution in [0.3, 0.4) is 0 Å². The van der Waals surface area contributed by atoms with E-state index in [0.29, 0.717) is 29.3 Å². The number of nitrogens with zero attached hydrogens (tertiary/aromatic N) is 3. The van der Waals surface area contributed by atoms with Crippen LogP contribution in [0, 0.1) is 3.57 Å². The molecular formula is C14H14ClF2IN4O. The maximum Gasteiger partial charge on any atom is 0.345 e. The standard InChI is InChI=1S/C14H14ClF2IN4O/c15-12-9-5-19-6-10(18)11(9)21-14(22-12)20-7-1-3-8(4-2-7)23-13(16)17/h5-8,13H,1-4H2,(H,20,21,22). The van der Waals surface area contributed by atoms with Gasteiger partial charge in [-0.15, -0.1) is 0 Å². The van der Waals surface area contributed by atoms with E-state index in [9.17, 15) is 8.78 Å². The Morgan fingerprint density at radius 1 is 1.22 bits per heavy atom. The van der Waals surface area contributed by atoms with E-state index in [0.717, 1.165) is 21.9 Å². The van der Waals surface area contributed by atoms with Gasteiger partial charge in [-0.1, -0.05) is 11.6 Å². The van der Waals surface area contributed by atoms with E-state index >= 15 is 0 Å². The van der Waals surface area contributed by atoms with Crippen molar-refractivity contribution in [1.82, 2.24) is 15.0 Å². The summed E-state index contributed by atoms with van der Waals surface area (Å²) in [5.41, 5.74) is 0.748. The highest BCUT2D eigenvalue weighted by molar-refractivity contribution is 14.1. The number of halogens is 4. The minimum atomic E-state index is -2.71. The first kappa shape index (κ1) is 17.0. The molecule has 3 rings (SSSR count). The predicted octanol–water partition coefficient (Wildman–Crippen LogP) is 4.25. The molecule has 5 nitrogen and oxygen atoms in total. The van der Waals surface area contributed by atoms with Crippen molar-refractivity contribution in [3.8, 4) is 0 Å². The average molecular weight is 455 g/mol. The highest BCUT2D eigenvalue weighted by atomic mass is 127. The number of alkyl halides is 2. The molecule has 0 bridgehead atoms. The van der Waals surface area contributed by atoms with Gasteiger partial charge in [0.2, 0.25) is 5.95 Å². The SMILES string of the molecule is FC(F)OC1CCC(Nc2nc(Cl)c3cncc(I)c3n2)CC1. The molecule has 1 N–H and O–H groups in total. The summed E-state index contributed by atoms with van der Waals surface area (Å²) in [7, 11) is 0. The molecule has 1 saturated carbocycles. The van der Waals surface area contributed by atoms with E-state index in [1.165, 1.54) is 0 Å². The minimum absolute atomic E-state index is 0.125. The maximum atomic E-state index is 12.2. The molecule has 1 aliphatic carbocycles. The third kappa shape index (κ3) is 4.16. The number of anilines is 1. The van der Waals surface area contributed by atoms with E-state index in [1.807, 2.05) is 0 Å². The van der Waals surface area contributed by atoms with Crippen LogP contribution < -0.4 is 5.32 Å². The molecule has 9 heteroatoms. The first-order valence-corrected chi connectivity index (χ1v) is 8.65. The van der Waals surface area contributed by atoms with E-state index in [4.69, 9.17) is 11.6 Å². The van der Waals surface area contributed by atoms with Crippen LogP contribution in [0.1, 0.15) is 25.7 Å². The zero-order valence-electron chi connectivity index (χ0n) is 12.0. The normalized spacial score (nSPS) is 21.8. The number of ether oxygens (including phenoxy) is 1. The van der Waals surface area contributed by atoms with Gasteiger partial charge in [0.25, 0.3) is 0 Å². The number of hydrogen-bond acceptors (Lipinski definition) is 5. The molecule has 2 heterocycles. The molecule has 23 heavy (non-hydrogen) atoms. The third-order valence-electron chi connectivity index (χ3n) is 3.82. The molecule has 1 aliphatic rings. The Morgan fingerprint density at radius 3 is 2.65 bits per heavy atom. The van der Waals surface area contributed by atoms with Crippen LogP contribution in [0.25, 0.3) is 10.9 Å². The molecule has 0 saturated heterocycles. The van der Waals surface area contributed by atoms with Crippen molar-refractivity contribution in [2.75, 3.05) is 5.32 Å². The predicted molar refractivity (Wildman–Crippen MR) is 91.8 cm³/mol.